The summed E-state index contributed by atoms with van der Waals surface area (Å²) in [5.74, 6) is -1.23. The lowest BCUT2D eigenvalue weighted by atomic mass is 9.82. The van der Waals surface area contributed by atoms with Gasteiger partial charge in [0, 0.05) is 17.9 Å². The summed E-state index contributed by atoms with van der Waals surface area (Å²) < 4.78 is 15.5. The molecule has 38 heavy (non-hydrogen) atoms. The summed E-state index contributed by atoms with van der Waals surface area (Å²) in [5, 5.41) is 36.7. The Bertz CT molecular complexity index is 1460. The van der Waals surface area contributed by atoms with Gasteiger partial charge in [-0.05, 0) is 72.4 Å². The summed E-state index contributed by atoms with van der Waals surface area (Å²) in [4.78, 5) is 10.9. The van der Waals surface area contributed by atoms with E-state index < -0.39 is 24.6 Å². The highest BCUT2D eigenvalue weighted by Gasteiger charge is 2.28. The fourth-order valence-corrected chi connectivity index (χ4v) is 5.37. The summed E-state index contributed by atoms with van der Waals surface area (Å²) in [6, 6.07) is 21.0. The number of benzene rings is 3. The molecule has 196 valence electrons. The number of nitrogens with zero attached hydrogens (tertiary/aromatic N) is 2. The Hall–Kier alpha value is -3.81. The van der Waals surface area contributed by atoms with E-state index in [0.29, 0.717) is 5.69 Å². The molecule has 0 amide bonds. The van der Waals surface area contributed by atoms with Crippen LogP contribution >= 0.6 is 0 Å². The zero-order chi connectivity index (χ0) is 26.6. The SMILES string of the molecule is O=C(O)C[C@@H](O)C[C@@H](O)/C=C/c1c2c(nn1-c1ccc(F)cc1)C(Cc1ccc3ccccc3c1)CCC2. The van der Waals surface area contributed by atoms with Crippen LogP contribution in [0.1, 0.15) is 54.1 Å². The predicted octanol–water partition coefficient (Wildman–Crippen LogP) is 5.43. The zero-order valence-electron chi connectivity index (χ0n) is 21.0. The summed E-state index contributed by atoms with van der Waals surface area (Å²) in [6.07, 6.45) is 4.37. The van der Waals surface area contributed by atoms with E-state index in [1.54, 1.807) is 29.0 Å². The molecule has 0 radical (unpaired) electrons. The summed E-state index contributed by atoms with van der Waals surface area (Å²) in [7, 11) is 0. The Morgan fingerprint density at radius 2 is 1.84 bits per heavy atom. The van der Waals surface area contributed by atoms with Gasteiger partial charge in [-0.25, -0.2) is 9.07 Å². The van der Waals surface area contributed by atoms with E-state index in [1.165, 1.54) is 28.5 Å². The van der Waals surface area contributed by atoms with Gasteiger partial charge in [-0.15, -0.1) is 0 Å². The van der Waals surface area contributed by atoms with Gasteiger partial charge in [-0.3, -0.25) is 4.79 Å². The molecule has 0 saturated heterocycles. The van der Waals surface area contributed by atoms with Crippen molar-refractivity contribution in [2.45, 2.75) is 56.7 Å². The number of hydrogen-bond acceptors (Lipinski definition) is 4. The van der Waals surface area contributed by atoms with Gasteiger partial charge in [-0.2, -0.15) is 5.10 Å². The molecule has 0 bridgehead atoms. The van der Waals surface area contributed by atoms with E-state index in [1.807, 2.05) is 12.1 Å². The molecule has 6 nitrogen and oxygen atoms in total. The standard InChI is InChI=1S/C31H31FN2O4/c32-24-10-12-25(13-11-24)34-29(15-14-26(35)18-27(36)19-30(37)38)28-7-3-6-23(31(28)33-34)17-20-8-9-21-4-1-2-5-22(21)16-20/h1-2,4-5,8-16,23,26-27,35-36H,3,6-7,17-19H2,(H,37,38)/b15-14+/t23?,26-,27-/m0/s1. The van der Waals surface area contributed by atoms with Crippen LogP contribution in [0.3, 0.4) is 0 Å². The molecule has 7 heteroatoms. The summed E-state index contributed by atoms with van der Waals surface area (Å²) in [5.41, 5.74) is 4.87. The van der Waals surface area contributed by atoms with Crippen LogP contribution in [0.25, 0.3) is 22.5 Å². The van der Waals surface area contributed by atoms with Crippen molar-refractivity contribution in [3.63, 3.8) is 0 Å². The van der Waals surface area contributed by atoms with E-state index in [4.69, 9.17) is 10.2 Å². The number of aromatic nitrogens is 2. The molecule has 1 heterocycles. The number of hydrogen-bond donors (Lipinski definition) is 3. The Morgan fingerprint density at radius 3 is 2.61 bits per heavy atom. The first-order valence-corrected chi connectivity index (χ1v) is 13.0. The minimum absolute atomic E-state index is 0.0831. The van der Waals surface area contributed by atoms with E-state index in [2.05, 4.69) is 30.3 Å². The Labute approximate surface area is 220 Å². The van der Waals surface area contributed by atoms with Crippen molar-refractivity contribution in [1.82, 2.24) is 9.78 Å². The minimum atomic E-state index is -1.14. The Morgan fingerprint density at radius 1 is 1.08 bits per heavy atom. The molecule has 3 atom stereocenters. The number of aliphatic hydroxyl groups is 2. The van der Waals surface area contributed by atoms with Gasteiger partial charge < -0.3 is 15.3 Å². The first-order valence-electron chi connectivity index (χ1n) is 13.0. The van der Waals surface area contributed by atoms with Crippen LogP contribution in [-0.4, -0.2) is 43.3 Å². The number of carbonyl (C=O) groups is 1. The lowest BCUT2D eigenvalue weighted by Crippen LogP contribution is -2.19. The van der Waals surface area contributed by atoms with Crippen molar-refractivity contribution in [2.75, 3.05) is 0 Å². The molecule has 0 fully saturated rings. The molecule has 1 unspecified atom stereocenters. The van der Waals surface area contributed by atoms with E-state index in [9.17, 15) is 19.4 Å². The van der Waals surface area contributed by atoms with Gasteiger partial charge in [0.2, 0.25) is 0 Å². The minimum Gasteiger partial charge on any atom is -0.481 e. The molecule has 4 aromatic rings. The predicted molar refractivity (Wildman–Crippen MR) is 145 cm³/mol. The molecule has 1 aromatic heterocycles. The smallest absolute Gasteiger partial charge is 0.305 e. The molecule has 0 aliphatic heterocycles. The number of aliphatic hydroxyl groups excluding tert-OH is 2. The fraction of sp³-hybridized carbons (Fsp3) is 0.290. The van der Waals surface area contributed by atoms with Crippen LogP contribution in [0, 0.1) is 5.82 Å². The molecule has 1 aliphatic carbocycles. The third kappa shape index (κ3) is 5.85. The van der Waals surface area contributed by atoms with Crippen LogP contribution in [0.15, 0.2) is 72.8 Å². The molecule has 3 aromatic carbocycles. The maximum Gasteiger partial charge on any atom is 0.305 e. The zero-order valence-corrected chi connectivity index (χ0v) is 21.0. The van der Waals surface area contributed by atoms with Gasteiger partial charge in [0.1, 0.15) is 5.82 Å². The van der Waals surface area contributed by atoms with Crippen molar-refractivity contribution < 1.29 is 24.5 Å². The maximum absolute atomic E-state index is 13.7. The van der Waals surface area contributed by atoms with Crippen molar-refractivity contribution in [3.05, 3.63) is 101 Å². The topological polar surface area (TPSA) is 95.6 Å². The highest BCUT2D eigenvalue weighted by Crippen LogP contribution is 2.37. The van der Waals surface area contributed by atoms with Crippen LogP contribution in [0.4, 0.5) is 4.39 Å². The fourth-order valence-electron chi connectivity index (χ4n) is 5.37. The van der Waals surface area contributed by atoms with Gasteiger partial charge in [-0.1, -0.05) is 48.5 Å². The van der Waals surface area contributed by atoms with Crippen molar-refractivity contribution in [2.24, 2.45) is 0 Å². The van der Waals surface area contributed by atoms with Crippen molar-refractivity contribution in [1.29, 1.82) is 0 Å². The van der Waals surface area contributed by atoms with Crippen LogP contribution in [-0.2, 0) is 17.6 Å². The summed E-state index contributed by atoms with van der Waals surface area (Å²) in [6.45, 7) is 0. The Balaban J connectivity index is 1.47. The van der Waals surface area contributed by atoms with Crippen LogP contribution in [0.5, 0.6) is 0 Å². The third-order valence-corrected chi connectivity index (χ3v) is 7.19. The first kappa shape index (κ1) is 25.8. The largest absolute Gasteiger partial charge is 0.481 e. The summed E-state index contributed by atoms with van der Waals surface area (Å²) >= 11 is 0. The van der Waals surface area contributed by atoms with Gasteiger partial charge in [0.15, 0.2) is 0 Å². The number of fused-ring (bicyclic) bond motifs is 2. The average molecular weight is 515 g/mol. The average Bonchev–Trinajstić information content (AvgIpc) is 3.27. The number of carboxylic acid groups (broad SMARTS) is 1. The van der Waals surface area contributed by atoms with Crippen molar-refractivity contribution >= 4 is 22.8 Å². The molecule has 0 spiro atoms. The molecule has 1 aliphatic rings. The Kier molecular flexibility index (Phi) is 7.67. The number of halogens is 1. The maximum atomic E-state index is 13.7. The number of aliphatic carboxylic acids is 1. The molecule has 5 rings (SSSR count). The van der Waals surface area contributed by atoms with Gasteiger partial charge >= 0.3 is 5.97 Å². The van der Waals surface area contributed by atoms with E-state index in [0.717, 1.165) is 42.6 Å². The molecular formula is C31H31FN2O4. The highest BCUT2D eigenvalue weighted by molar-refractivity contribution is 5.83. The lowest BCUT2D eigenvalue weighted by molar-refractivity contribution is -0.139. The van der Waals surface area contributed by atoms with Crippen LogP contribution < -0.4 is 0 Å². The second-order valence-corrected chi connectivity index (χ2v) is 10.0. The second-order valence-electron chi connectivity index (χ2n) is 10.0. The molecule has 3 N–H and O–H groups in total. The molecule has 0 saturated carbocycles. The lowest BCUT2D eigenvalue weighted by Gasteiger charge is -2.21. The first-order chi connectivity index (χ1) is 18.4. The van der Waals surface area contributed by atoms with Crippen LogP contribution in [0.2, 0.25) is 0 Å². The van der Waals surface area contributed by atoms with Crippen molar-refractivity contribution in [3.8, 4) is 5.69 Å². The monoisotopic (exact) mass is 514 g/mol. The molecular weight excluding hydrogens is 483 g/mol. The van der Waals surface area contributed by atoms with Gasteiger partial charge in [0.05, 0.1) is 35.7 Å². The number of rotatable bonds is 9. The van der Waals surface area contributed by atoms with E-state index in [-0.39, 0.29) is 18.2 Å². The number of carboxylic acids is 1. The van der Waals surface area contributed by atoms with E-state index >= 15 is 0 Å². The van der Waals surface area contributed by atoms with Gasteiger partial charge in [0.25, 0.3) is 0 Å². The quantitative estimate of drug-likeness (QED) is 0.277. The normalized spacial score (nSPS) is 17.0. The highest BCUT2D eigenvalue weighted by atomic mass is 19.1. The second kappa shape index (κ2) is 11.3. The third-order valence-electron chi connectivity index (χ3n) is 7.19.